The SMILES string of the molecule is C=CC(=O)OCCOCCCCCCCCCCCC. The van der Waals surface area contributed by atoms with Crippen LogP contribution in [0.2, 0.25) is 0 Å². The molecule has 0 heterocycles. The highest BCUT2D eigenvalue weighted by molar-refractivity contribution is 5.81. The van der Waals surface area contributed by atoms with Crippen LogP contribution in [-0.2, 0) is 14.3 Å². The number of ether oxygens (including phenoxy) is 2. The van der Waals surface area contributed by atoms with Gasteiger partial charge in [0.15, 0.2) is 0 Å². The first-order valence-corrected chi connectivity index (χ1v) is 8.18. The van der Waals surface area contributed by atoms with E-state index in [2.05, 4.69) is 13.5 Å². The van der Waals surface area contributed by atoms with Crippen LogP contribution in [0, 0.1) is 0 Å². The number of carbonyl (C=O) groups excluding carboxylic acids is 1. The Morgan fingerprint density at radius 1 is 0.850 bits per heavy atom. The number of carbonyl (C=O) groups is 1. The first kappa shape index (κ1) is 19.2. The van der Waals surface area contributed by atoms with E-state index in [0.29, 0.717) is 13.2 Å². The Labute approximate surface area is 124 Å². The topological polar surface area (TPSA) is 35.5 Å². The van der Waals surface area contributed by atoms with Gasteiger partial charge < -0.3 is 9.47 Å². The lowest BCUT2D eigenvalue weighted by Crippen LogP contribution is -2.08. The van der Waals surface area contributed by atoms with Crippen LogP contribution in [0.1, 0.15) is 71.1 Å². The third-order valence-electron chi connectivity index (χ3n) is 3.28. The van der Waals surface area contributed by atoms with Crippen molar-refractivity contribution in [2.75, 3.05) is 19.8 Å². The molecular formula is C17H32O3. The van der Waals surface area contributed by atoms with Crippen LogP contribution in [0.5, 0.6) is 0 Å². The lowest BCUT2D eigenvalue weighted by Gasteiger charge is -2.05. The van der Waals surface area contributed by atoms with Gasteiger partial charge in [-0.05, 0) is 6.42 Å². The number of rotatable bonds is 15. The minimum atomic E-state index is -0.382. The number of unbranched alkanes of at least 4 members (excludes halogenated alkanes) is 9. The Morgan fingerprint density at radius 3 is 1.95 bits per heavy atom. The van der Waals surface area contributed by atoms with Crippen LogP contribution < -0.4 is 0 Å². The summed E-state index contributed by atoms with van der Waals surface area (Å²) in [5.74, 6) is -0.382. The van der Waals surface area contributed by atoms with E-state index in [1.165, 1.54) is 63.9 Å². The van der Waals surface area contributed by atoms with Crippen LogP contribution in [-0.4, -0.2) is 25.8 Å². The standard InChI is InChI=1S/C17H32O3/c1-3-5-6-7-8-9-10-11-12-13-14-19-15-16-20-17(18)4-2/h4H,2-3,5-16H2,1H3. The van der Waals surface area contributed by atoms with Crippen molar-refractivity contribution in [1.82, 2.24) is 0 Å². The first-order chi connectivity index (χ1) is 9.81. The molecule has 3 nitrogen and oxygen atoms in total. The van der Waals surface area contributed by atoms with Gasteiger partial charge in [0, 0.05) is 12.7 Å². The van der Waals surface area contributed by atoms with E-state index in [4.69, 9.17) is 9.47 Å². The highest BCUT2D eigenvalue weighted by atomic mass is 16.6. The zero-order valence-corrected chi connectivity index (χ0v) is 13.2. The van der Waals surface area contributed by atoms with Gasteiger partial charge in [0.05, 0.1) is 6.61 Å². The van der Waals surface area contributed by atoms with E-state index in [0.717, 1.165) is 13.0 Å². The van der Waals surface area contributed by atoms with Crippen LogP contribution in [0.25, 0.3) is 0 Å². The molecule has 0 unspecified atom stereocenters. The average molecular weight is 284 g/mol. The monoisotopic (exact) mass is 284 g/mol. The zero-order valence-electron chi connectivity index (χ0n) is 13.2. The quantitative estimate of drug-likeness (QED) is 0.249. The number of hydrogen-bond acceptors (Lipinski definition) is 3. The smallest absolute Gasteiger partial charge is 0.330 e. The minimum absolute atomic E-state index is 0.322. The van der Waals surface area contributed by atoms with Crippen molar-refractivity contribution in [2.24, 2.45) is 0 Å². The number of hydrogen-bond donors (Lipinski definition) is 0. The molecule has 0 saturated heterocycles. The predicted octanol–water partition coefficient (Wildman–Crippen LogP) is 4.65. The summed E-state index contributed by atoms with van der Waals surface area (Å²) < 4.78 is 10.2. The summed E-state index contributed by atoms with van der Waals surface area (Å²) in [6, 6.07) is 0. The highest BCUT2D eigenvalue weighted by Crippen LogP contribution is 2.10. The van der Waals surface area contributed by atoms with Crippen molar-refractivity contribution < 1.29 is 14.3 Å². The fourth-order valence-electron chi connectivity index (χ4n) is 2.05. The largest absolute Gasteiger partial charge is 0.460 e. The Morgan fingerprint density at radius 2 is 1.40 bits per heavy atom. The molecule has 20 heavy (non-hydrogen) atoms. The van der Waals surface area contributed by atoms with Crippen LogP contribution >= 0.6 is 0 Å². The Hall–Kier alpha value is -0.830. The Kier molecular flexibility index (Phi) is 15.6. The van der Waals surface area contributed by atoms with Crippen molar-refractivity contribution in [3.05, 3.63) is 12.7 Å². The van der Waals surface area contributed by atoms with Gasteiger partial charge in [-0.15, -0.1) is 0 Å². The van der Waals surface area contributed by atoms with E-state index < -0.39 is 0 Å². The normalized spacial score (nSPS) is 10.4. The molecule has 0 aliphatic heterocycles. The maximum absolute atomic E-state index is 10.7. The first-order valence-electron chi connectivity index (χ1n) is 8.18. The summed E-state index contributed by atoms with van der Waals surface area (Å²) in [5.41, 5.74) is 0. The van der Waals surface area contributed by atoms with E-state index in [-0.39, 0.29) is 5.97 Å². The molecule has 0 aromatic rings. The lowest BCUT2D eigenvalue weighted by molar-refractivity contribution is -0.139. The lowest BCUT2D eigenvalue weighted by atomic mass is 10.1. The molecule has 0 atom stereocenters. The van der Waals surface area contributed by atoms with Gasteiger partial charge in [-0.25, -0.2) is 4.79 Å². The summed E-state index contributed by atoms with van der Waals surface area (Å²) >= 11 is 0. The van der Waals surface area contributed by atoms with Gasteiger partial charge in [-0.3, -0.25) is 0 Å². The van der Waals surface area contributed by atoms with Gasteiger partial charge >= 0.3 is 5.97 Å². The molecule has 0 aliphatic carbocycles. The second-order valence-corrected chi connectivity index (χ2v) is 5.17. The van der Waals surface area contributed by atoms with Gasteiger partial charge in [-0.2, -0.15) is 0 Å². The molecule has 0 rings (SSSR count). The molecule has 118 valence electrons. The van der Waals surface area contributed by atoms with Crippen LogP contribution in [0.4, 0.5) is 0 Å². The van der Waals surface area contributed by atoms with Gasteiger partial charge in [0.2, 0.25) is 0 Å². The third kappa shape index (κ3) is 15.2. The van der Waals surface area contributed by atoms with Crippen molar-refractivity contribution in [3.8, 4) is 0 Å². The van der Waals surface area contributed by atoms with E-state index in [9.17, 15) is 4.79 Å². The molecule has 0 aliphatic rings. The number of esters is 1. The third-order valence-corrected chi connectivity index (χ3v) is 3.28. The fourth-order valence-corrected chi connectivity index (χ4v) is 2.05. The summed E-state index contributed by atoms with van der Waals surface area (Å²) in [6.07, 6.45) is 14.5. The predicted molar refractivity (Wildman–Crippen MR) is 83.8 cm³/mol. The molecular weight excluding hydrogens is 252 g/mol. The molecule has 0 N–H and O–H groups in total. The zero-order chi connectivity index (χ0) is 14.9. The van der Waals surface area contributed by atoms with Gasteiger partial charge in [0.1, 0.15) is 6.61 Å². The molecule has 0 amide bonds. The Balaban J connectivity index is 2.99. The minimum Gasteiger partial charge on any atom is -0.460 e. The molecule has 0 aromatic carbocycles. The van der Waals surface area contributed by atoms with Crippen molar-refractivity contribution >= 4 is 5.97 Å². The highest BCUT2D eigenvalue weighted by Gasteiger charge is 1.95. The summed E-state index contributed by atoms with van der Waals surface area (Å²) in [4.78, 5) is 10.7. The molecule has 0 bridgehead atoms. The summed E-state index contributed by atoms with van der Waals surface area (Å²) in [5, 5.41) is 0. The van der Waals surface area contributed by atoms with E-state index >= 15 is 0 Å². The van der Waals surface area contributed by atoms with Crippen molar-refractivity contribution in [2.45, 2.75) is 71.1 Å². The fraction of sp³-hybridized carbons (Fsp3) is 0.824. The van der Waals surface area contributed by atoms with Crippen LogP contribution in [0.3, 0.4) is 0 Å². The molecule has 0 fully saturated rings. The van der Waals surface area contributed by atoms with E-state index in [1.807, 2.05) is 0 Å². The maximum atomic E-state index is 10.7. The maximum Gasteiger partial charge on any atom is 0.330 e. The second-order valence-electron chi connectivity index (χ2n) is 5.17. The average Bonchev–Trinajstić information content (AvgIpc) is 2.47. The summed E-state index contributed by atoms with van der Waals surface area (Å²) in [6.45, 7) is 7.16. The van der Waals surface area contributed by atoms with Crippen LogP contribution in [0.15, 0.2) is 12.7 Å². The molecule has 0 aromatic heterocycles. The molecule has 0 spiro atoms. The van der Waals surface area contributed by atoms with Crippen molar-refractivity contribution in [1.29, 1.82) is 0 Å². The summed E-state index contributed by atoms with van der Waals surface area (Å²) in [7, 11) is 0. The molecule has 0 saturated carbocycles. The van der Waals surface area contributed by atoms with E-state index in [1.54, 1.807) is 0 Å². The molecule has 3 heteroatoms. The van der Waals surface area contributed by atoms with Gasteiger partial charge in [0.25, 0.3) is 0 Å². The molecule has 0 radical (unpaired) electrons. The van der Waals surface area contributed by atoms with Crippen molar-refractivity contribution in [3.63, 3.8) is 0 Å². The van der Waals surface area contributed by atoms with Gasteiger partial charge in [-0.1, -0.05) is 71.3 Å². The second kappa shape index (κ2) is 16.2. The Bertz CT molecular complexity index is 226.